The van der Waals surface area contributed by atoms with Crippen LogP contribution in [0.1, 0.15) is 17.9 Å². The lowest BCUT2D eigenvalue weighted by molar-refractivity contribution is 0.0691. The number of rotatable bonds is 2. The average molecular weight is 234 g/mol. The van der Waals surface area contributed by atoms with Gasteiger partial charge in [-0.25, -0.2) is 4.79 Å². The van der Waals surface area contributed by atoms with Crippen LogP contribution in [0.15, 0.2) is 30.5 Å². The number of nitrogen functional groups attached to an aromatic ring is 1. The van der Waals surface area contributed by atoms with E-state index in [4.69, 9.17) is 10.8 Å². The number of para-hydroxylation sites is 1. The number of aromatic nitrogens is 1. The molecule has 0 aliphatic rings. The van der Waals surface area contributed by atoms with Crippen LogP contribution in [0.3, 0.4) is 0 Å². The summed E-state index contributed by atoms with van der Waals surface area (Å²) in [6.07, 6.45) is 1.51. The maximum atomic E-state index is 10.7. The van der Waals surface area contributed by atoms with E-state index in [1.807, 2.05) is 0 Å². The number of carbonyl (C=O) groups is 1. The number of H-pyrrole nitrogens is 1. The maximum absolute atomic E-state index is 10.7. The summed E-state index contributed by atoms with van der Waals surface area (Å²) in [6, 6.07) is 6.37. The van der Waals surface area contributed by atoms with Crippen LogP contribution >= 0.6 is 0 Å². The fraction of sp³-hybridized carbons (Fsp3) is 0.0833. The number of benzene rings is 1. The van der Waals surface area contributed by atoms with Crippen molar-refractivity contribution in [1.29, 1.82) is 0 Å². The summed E-state index contributed by atoms with van der Waals surface area (Å²) in [5.41, 5.74) is 6.96. The van der Waals surface area contributed by atoms with Crippen molar-refractivity contribution in [1.82, 2.24) is 4.98 Å². The fourth-order valence-electron chi connectivity index (χ4n) is 1.47. The van der Waals surface area contributed by atoms with Gasteiger partial charge in [0.1, 0.15) is 11.4 Å². The third kappa shape index (κ3) is 2.23. The Hall–Kier alpha value is -2.43. The summed E-state index contributed by atoms with van der Waals surface area (Å²) in [4.78, 5) is 13.3. The molecule has 0 amide bonds. The Morgan fingerprint density at radius 1 is 1.35 bits per heavy atom. The van der Waals surface area contributed by atoms with Gasteiger partial charge >= 0.3 is 5.97 Å². The van der Waals surface area contributed by atoms with Crippen molar-refractivity contribution in [2.24, 2.45) is 0 Å². The van der Waals surface area contributed by atoms with Gasteiger partial charge in [0.15, 0.2) is 0 Å². The Labute approximate surface area is 98.5 Å². The molecule has 2 rings (SSSR count). The highest BCUT2D eigenvalue weighted by Crippen LogP contribution is 2.33. The van der Waals surface area contributed by atoms with Crippen molar-refractivity contribution in [2.75, 3.05) is 5.73 Å². The second-order valence-corrected chi connectivity index (χ2v) is 3.35. The first-order chi connectivity index (χ1) is 7.59. The normalized spacial score (nSPS) is 9.65. The third-order valence-corrected chi connectivity index (χ3v) is 2.29. The predicted octanol–water partition coefficient (Wildman–Crippen LogP) is 2.30. The SMILES string of the molecule is C.Nc1cccc(-c2c[nH]c(C(=O)O)c2)c1O. The number of carboxylic acids is 1. The second-order valence-electron chi connectivity index (χ2n) is 3.35. The number of aromatic amines is 1. The molecule has 17 heavy (non-hydrogen) atoms. The topological polar surface area (TPSA) is 99.3 Å². The molecule has 0 aliphatic heterocycles. The fourth-order valence-corrected chi connectivity index (χ4v) is 1.47. The van der Waals surface area contributed by atoms with Crippen LogP contribution in [0.25, 0.3) is 11.1 Å². The van der Waals surface area contributed by atoms with Gasteiger partial charge in [-0.15, -0.1) is 0 Å². The van der Waals surface area contributed by atoms with Crippen molar-refractivity contribution in [3.8, 4) is 16.9 Å². The van der Waals surface area contributed by atoms with Gasteiger partial charge in [0, 0.05) is 17.3 Å². The molecule has 5 nitrogen and oxygen atoms in total. The van der Waals surface area contributed by atoms with E-state index in [1.165, 1.54) is 12.3 Å². The van der Waals surface area contributed by atoms with Crippen LogP contribution in [0.5, 0.6) is 5.75 Å². The Morgan fingerprint density at radius 3 is 2.65 bits per heavy atom. The summed E-state index contributed by atoms with van der Waals surface area (Å²) in [7, 11) is 0. The maximum Gasteiger partial charge on any atom is 0.352 e. The van der Waals surface area contributed by atoms with Gasteiger partial charge in [0.25, 0.3) is 0 Å². The molecule has 0 spiro atoms. The minimum absolute atomic E-state index is 0. The molecular formula is C12H14N2O3. The lowest BCUT2D eigenvalue weighted by Crippen LogP contribution is -1.94. The van der Waals surface area contributed by atoms with Gasteiger partial charge in [-0.1, -0.05) is 19.6 Å². The van der Waals surface area contributed by atoms with E-state index < -0.39 is 5.97 Å². The van der Waals surface area contributed by atoms with E-state index in [0.29, 0.717) is 11.1 Å². The van der Waals surface area contributed by atoms with Crippen molar-refractivity contribution < 1.29 is 15.0 Å². The van der Waals surface area contributed by atoms with Crippen molar-refractivity contribution in [3.05, 3.63) is 36.2 Å². The zero-order chi connectivity index (χ0) is 11.7. The van der Waals surface area contributed by atoms with E-state index in [1.54, 1.807) is 18.2 Å². The summed E-state index contributed by atoms with van der Waals surface area (Å²) < 4.78 is 0. The number of nitrogens with two attached hydrogens (primary N) is 1. The molecular weight excluding hydrogens is 220 g/mol. The number of hydrogen-bond acceptors (Lipinski definition) is 3. The minimum atomic E-state index is -1.05. The Bertz CT molecular complexity index is 546. The summed E-state index contributed by atoms with van der Waals surface area (Å²) in [5.74, 6) is -1.09. The van der Waals surface area contributed by atoms with Crippen molar-refractivity contribution >= 4 is 11.7 Å². The molecule has 2 aromatic rings. The van der Waals surface area contributed by atoms with Crippen molar-refractivity contribution in [3.63, 3.8) is 0 Å². The lowest BCUT2D eigenvalue weighted by Gasteiger charge is -2.03. The predicted molar refractivity (Wildman–Crippen MR) is 66.0 cm³/mol. The first-order valence-corrected chi connectivity index (χ1v) is 4.59. The molecule has 0 fully saturated rings. The number of nitrogens with one attached hydrogen (secondary N) is 1. The zero-order valence-electron chi connectivity index (χ0n) is 8.27. The van der Waals surface area contributed by atoms with Gasteiger partial charge < -0.3 is 20.9 Å². The quantitative estimate of drug-likeness (QED) is 0.473. The first-order valence-electron chi connectivity index (χ1n) is 4.59. The number of phenols is 1. The molecule has 0 radical (unpaired) electrons. The van der Waals surface area contributed by atoms with E-state index in [9.17, 15) is 9.90 Å². The molecule has 0 bridgehead atoms. The lowest BCUT2D eigenvalue weighted by atomic mass is 10.1. The molecule has 5 N–H and O–H groups in total. The molecule has 5 heteroatoms. The third-order valence-electron chi connectivity index (χ3n) is 2.29. The number of aromatic carboxylic acids is 1. The van der Waals surface area contributed by atoms with Crippen LogP contribution in [-0.4, -0.2) is 21.2 Å². The van der Waals surface area contributed by atoms with Crippen LogP contribution < -0.4 is 5.73 Å². The molecule has 1 heterocycles. The Balaban J connectivity index is 0.00000144. The van der Waals surface area contributed by atoms with Crippen LogP contribution in [0.4, 0.5) is 5.69 Å². The molecule has 0 aliphatic carbocycles. The monoisotopic (exact) mass is 234 g/mol. The number of carboxylic acid groups (broad SMARTS) is 1. The summed E-state index contributed by atoms with van der Waals surface area (Å²) in [6.45, 7) is 0. The molecule has 0 saturated heterocycles. The Kier molecular flexibility index (Phi) is 3.43. The first kappa shape index (κ1) is 12.6. The zero-order valence-corrected chi connectivity index (χ0v) is 8.27. The van der Waals surface area contributed by atoms with Gasteiger partial charge in [0.2, 0.25) is 0 Å². The second kappa shape index (κ2) is 4.61. The number of anilines is 1. The smallest absolute Gasteiger partial charge is 0.352 e. The minimum Gasteiger partial charge on any atom is -0.505 e. The highest BCUT2D eigenvalue weighted by atomic mass is 16.4. The standard InChI is InChI=1S/C11H10N2O3.CH4/c12-8-3-1-2-7(10(8)14)6-4-9(11(15)16)13-5-6;/h1-5,13-14H,12H2,(H,15,16);1H4. The van der Waals surface area contributed by atoms with Gasteiger partial charge in [-0.05, 0) is 12.1 Å². The van der Waals surface area contributed by atoms with Gasteiger partial charge in [-0.3, -0.25) is 0 Å². The van der Waals surface area contributed by atoms with Crippen LogP contribution in [-0.2, 0) is 0 Å². The van der Waals surface area contributed by atoms with Gasteiger partial charge in [0.05, 0.1) is 5.69 Å². The molecule has 1 aromatic carbocycles. The highest BCUT2D eigenvalue weighted by Gasteiger charge is 2.11. The number of aromatic hydroxyl groups is 1. The summed E-state index contributed by atoms with van der Waals surface area (Å²) >= 11 is 0. The number of phenolic OH excluding ortho intramolecular Hbond substituents is 1. The van der Waals surface area contributed by atoms with Crippen molar-refractivity contribution in [2.45, 2.75) is 7.43 Å². The largest absolute Gasteiger partial charge is 0.505 e. The average Bonchev–Trinajstić information content (AvgIpc) is 2.71. The molecule has 90 valence electrons. The van der Waals surface area contributed by atoms with E-state index in [2.05, 4.69) is 4.98 Å². The molecule has 0 saturated carbocycles. The highest BCUT2D eigenvalue weighted by molar-refractivity contribution is 5.88. The molecule has 1 aromatic heterocycles. The molecule has 0 atom stereocenters. The van der Waals surface area contributed by atoms with E-state index in [-0.39, 0.29) is 24.6 Å². The molecule has 0 unspecified atom stereocenters. The van der Waals surface area contributed by atoms with Crippen LogP contribution in [0.2, 0.25) is 0 Å². The van der Waals surface area contributed by atoms with E-state index >= 15 is 0 Å². The van der Waals surface area contributed by atoms with Crippen LogP contribution in [0, 0.1) is 0 Å². The summed E-state index contributed by atoms with van der Waals surface area (Å²) in [5, 5.41) is 18.5. The number of hydrogen-bond donors (Lipinski definition) is 4. The van der Waals surface area contributed by atoms with Gasteiger partial charge in [-0.2, -0.15) is 0 Å². The Morgan fingerprint density at radius 2 is 2.06 bits per heavy atom. The van der Waals surface area contributed by atoms with E-state index in [0.717, 1.165) is 0 Å².